The first-order valence-corrected chi connectivity index (χ1v) is 10.0. The van der Waals surface area contributed by atoms with Crippen molar-refractivity contribution in [1.29, 1.82) is 5.26 Å². The van der Waals surface area contributed by atoms with Gasteiger partial charge in [-0.1, -0.05) is 6.07 Å². The van der Waals surface area contributed by atoms with Crippen LogP contribution in [0.3, 0.4) is 0 Å². The summed E-state index contributed by atoms with van der Waals surface area (Å²) in [4.78, 5) is 33.4. The standard InChI is InChI=1S/C20H22F3N5O2/c21-20(22,23)11-25-19(30)18-13-7-12(15-4-2-6-17(29)28(15)18)9-27(10-13)16-5-1-3-14(8-24)26-16/h1,3,5,12-13,15,18H,2,4,6-7,9-11H2,(H,25,30)/t12-,13+,15-,18+/m0/s1. The number of carbonyl (C=O) groups is 2. The van der Waals surface area contributed by atoms with Crippen LogP contribution < -0.4 is 10.2 Å². The zero-order chi connectivity index (χ0) is 21.5. The fourth-order valence-corrected chi connectivity index (χ4v) is 5.13. The van der Waals surface area contributed by atoms with Gasteiger partial charge in [0, 0.05) is 31.5 Å². The van der Waals surface area contributed by atoms with E-state index in [9.17, 15) is 22.8 Å². The summed E-state index contributed by atoms with van der Waals surface area (Å²) in [6, 6.07) is 6.02. The predicted octanol–water partition coefficient (Wildman–Crippen LogP) is 1.84. The van der Waals surface area contributed by atoms with Crippen LogP contribution in [-0.4, -0.2) is 59.6 Å². The highest BCUT2D eigenvalue weighted by Crippen LogP contribution is 2.42. The lowest BCUT2D eigenvalue weighted by molar-refractivity contribution is -0.159. The van der Waals surface area contributed by atoms with Gasteiger partial charge in [0.2, 0.25) is 11.8 Å². The van der Waals surface area contributed by atoms with Crippen LogP contribution in [0, 0.1) is 23.2 Å². The highest BCUT2D eigenvalue weighted by Gasteiger charge is 2.52. The van der Waals surface area contributed by atoms with Crippen molar-refractivity contribution in [2.24, 2.45) is 11.8 Å². The third-order valence-corrected chi connectivity index (χ3v) is 6.25. The van der Waals surface area contributed by atoms with Crippen LogP contribution >= 0.6 is 0 Å². The predicted molar refractivity (Wildman–Crippen MR) is 100 cm³/mol. The molecule has 2 amide bonds. The first kappa shape index (κ1) is 20.4. The summed E-state index contributed by atoms with van der Waals surface area (Å²) >= 11 is 0. The minimum atomic E-state index is -4.52. The number of amides is 2. The van der Waals surface area contributed by atoms with Crippen molar-refractivity contribution >= 4 is 17.6 Å². The molecule has 3 aliphatic heterocycles. The second-order valence-corrected chi connectivity index (χ2v) is 8.19. The molecule has 3 saturated heterocycles. The van der Waals surface area contributed by atoms with Gasteiger partial charge in [-0.25, -0.2) is 4.98 Å². The highest BCUT2D eigenvalue weighted by molar-refractivity contribution is 5.89. The number of hydrogen-bond donors (Lipinski definition) is 1. The molecule has 4 heterocycles. The number of pyridine rings is 1. The van der Waals surface area contributed by atoms with E-state index in [1.165, 1.54) is 0 Å². The van der Waals surface area contributed by atoms with E-state index in [4.69, 9.17) is 5.26 Å². The molecule has 3 aliphatic rings. The van der Waals surface area contributed by atoms with E-state index < -0.39 is 24.7 Å². The molecule has 30 heavy (non-hydrogen) atoms. The molecule has 0 spiro atoms. The molecule has 7 nitrogen and oxygen atoms in total. The second kappa shape index (κ2) is 7.78. The second-order valence-electron chi connectivity index (χ2n) is 8.19. The Hall–Kier alpha value is -2.83. The van der Waals surface area contributed by atoms with Gasteiger partial charge < -0.3 is 15.1 Å². The van der Waals surface area contributed by atoms with E-state index in [1.807, 2.05) is 16.3 Å². The quantitative estimate of drug-likeness (QED) is 0.805. The number of nitriles is 1. The van der Waals surface area contributed by atoms with Gasteiger partial charge in [-0.2, -0.15) is 18.4 Å². The largest absolute Gasteiger partial charge is 0.405 e. The third-order valence-electron chi connectivity index (χ3n) is 6.25. The lowest BCUT2D eigenvalue weighted by Crippen LogP contribution is -2.68. The molecule has 4 atom stereocenters. The van der Waals surface area contributed by atoms with Crippen LogP contribution in [-0.2, 0) is 9.59 Å². The Morgan fingerprint density at radius 2 is 2.07 bits per heavy atom. The molecular formula is C20H22F3N5O2. The van der Waals surface area contributed by atoms with Crippen molar-refractivity contribution in [3.05, 3.63) is 23.9 Å². The molecule has 4 rings (SSSR count). The van der Waals surface area contributed by atoms with E-state index in [0.717, 1.165) is 6.42 Å². The number of nitrogens with one attached hydrogen (secondary N) is 1. The lowest BCUT2D eigenvalue weighted by atomic mass is 9.71. The van der Waals surface area contributed by atoms with Crippen molar-refractivity contribution in [1.82, 2.24) is 15.2 Å². The van der Waals surface area contributed by atoms with Crippen molar-refractivity contribution in [2.45, 2.75) is 43.9 Å². The average molecular weight is 421 g/mol. The van der Waals surface area contributed by atoms with Crippen molar-refractivity contribution in [3.63, 3.8) is 0 Å². The Bertz CT molecular complexity index is 884. The lowest BCUT2D eigenvalue weighted by Gasteiger charge is -2.56. The summed E-state index contributed by atoms with van der Waals surface area (Å²) in [5.74, 6) is -0.508. The van der Waals surface area contributed by atoms with Crippen molar-refractivity contribution in [3.8, 4) is 6.07 Å². The number of fused-ring (bicyclic) bond motifs is 4. The normalized spacial score (nSPS) is 28.5. The van der Waals surface area contributed by atoms with Crippen LogP contribution in [0.4, 0.5) is 19.0 Å². The number of piperidine rings is 3. The summed E-state index contributed by atoms with van der Waals surface area (Å²) in [5, 5.41) is 11.1. The van der Waals surface area contributed by atoms with E-state index in [2.05, 4.69) is 4.98 Å². The number of aromatic nitrogens is 1. The first-order valence-electron chi connectivity index (χ1n) is 10.0. The molecular weight excluding hydrogens is 399 g/mol. The van der Waals surface area contributed by atoms with Crippen LogP contribution in [0.15, 0.2) is 18.2 Å². The SMILES string of the molecule is N#Cc1cccc(N2C[C@@H]3C[C@H](C2)[C@H](C(=O)NCC(F)(F)F)N2C(=O)CCC[C@@H]32)n1. The zero-order valence-corrected chi connectivity index (χ0v) is 16.2. The summed E-state index contributed by atoms with van der Waals surface area (Å²) in [7, 11) is 0. The molecule has 1 aromatic rings. The Labute approximate surface area is 171 Å². The number of anilines is 1. The molecule has 0 aliphatic carbocycles. The van der Waals surface area contributed by atoms with Gasteiger partial charge in [-0.3, -0.25) is 9.59 Å². The van der Waals surface area contributed by atoms with Gasteiger partial charge >= 0.3 is 6.18 Å². The maximum absolute atomic E-state index is 12.8. The molecule has 1 aromatic heterocycles. The summed E-state index contributed by atoms with van der Waals surface area (Å²) in [5.41, 5.74) is 0.275. The first-order chi connectivity index (χ1) is 14.3. The topological polar surface area (TPSA) is 89.3 Å². The van der Waals surface area contributed by atoms with Crippen molar-refractivity contribution < 1.29 is 22.8 Å². The van der Waals surface area contributed by atoms with Crippen molar-refractivity contribution in [2.75, 3.05) is 24.5 Å². The van der Waals surface area contributed by atoms with Gasteiger partial charge in [0.1, 0.15) is 30.2 Å². The minimum Gasteiger partial charge on any atom is -0.356 e. The Balaban J connectivity index is 1.62. The van der Waals surface area contributed by atoms with Gasteiger partial charge in [0.15, 0.2) is 0 Å². The maximum atomic E-state index is 12.8. The van der Waals surface area contributed by atoms with Crippen LogP contribution in [0.1, 0.15) is 31.4 Å². The number of rotatable bonds is 3. The number of carbonyl (C=O) groups excluding carboxylic acids is 2. The summed E-state index contributed by atoms with van der Waals surface area (Å²) < 4.78 is 38.0. The molecule has 2 bridgehead atoms. The van der Waals surface area contributed by atoms with Crippen LogP contribution in [0.2, 0.25) is 0 Å². The third kappa shape index (κ3) is 3.93. The Morgan fingerprint density at radius 1 is 1.30 bits per heavy atom. The zero-order valence-electron chi connectivity index (χ0n) is 16.2. The molecule has 10 heteroatoms. The average Bonchev–Trinajstić information content (AvgIpc) is 2.72. The van der Waals surface area contributed by atoms with E-state index in [0.29, 0.717) is 38.2 Å². The molecule has 0 saturated carbocycles. The molecule has 3 fully saturated rings. The van der Waals surface area contributed by atoms with E-state index in [1.54, 1.807) is 23.1 Å². The molecule has 0 radical (unpaired) electrons. The maximum Gasteiger partial charge on any atom is 0.405 e. The number of nitrogens with zero attached hydrogens (tertiary/aromatic N) is 4. The fraction of sp³-hybridized carbons (Fsp3) is 0.600. The molecule has 0 aromatic carbocycles. The van der Waals surface area contributed by atoms with Crippen LogP contribution in [0.5, 0.6) is 0 Å². The molecule has 1 N–H and O–H groups in total. The summed E-state index contributed by atoms with van der Waals surface area (Å²) in [6.45, 7) is -0.399. The monoisotopic (exact) mass is 421 g/mol. The number of hydrogen-bond acceptors (Lipinski definition) is 5. The molecule has 0 unspecified atom stereocenters. The van der Waals surface area contributed by atoms with Crippen LogP contribution in [0.25, 0.3) is 0 Å². The number of halogens is 3. The van der Waals surface area contributed by atoms with Gasteiger partial charge in [-0.05, 0) is 37.3 Å². The number of alkyl halides is 3. The molecule has 160 valence electrons. The fourth-order valence-electron chi connectivity index (χ4n) is 5.13. The van der Waals surface area contributed by atoms with E-state index in [-0.39, 0.29) is 29.5 Å². The smallest absolute Gasteiger partial charge is 0.356 e. The Morgan fingerprint density at radius 3 is 2.80 bits per heavy atom. The highest BCUT2D eigenvalue weighted by atomic mass is 19.4. The van der Waals surface area contributed by atoms with E-state index >= 15 is 0 Å². The Kier molecular flexibility index (Phi) is 5.30. The minimum absolute atomic E-state index is 0.104. The summed E-state index contributed by atoms with van der Waals surface area (Å²) in [6.07, 6.45) is -2.09. The van der Waals surface area contributed by atoms with Gasteiger partial charge in [-0.15, -0.1) is 0 Å². The van der Waals surface area contributed by atoms with Gasteiger partial charge in [0.05, 0.1) is 0 Å². The van der Waals surface area contributed by atoms with Gasteiger partial charge in [0.25, 0.3) is 0 Å².